The molecule has 2 rings (SSSR count). The lowest BCUT2D eigenvalue weighted by Crippen LogP contribution is -2.32. The number of amides is 1. The first-order valence-electron chi connectivity index (χ1n) is 5.64. The van der Waals surface area contributed by atoms with Crippen molar-refractivity contribution in [3.63, 3.8) is 0 Å². The van der Waals surface area contributed by atoms with Gasteiger partial charge in [-0.2, -0.15) is 0 Å². The third-order valence-corrected chi connectivity index (χ3v) is 3.40. The summed E-state index contributed by atoms with van der Waals surface area (Å²) in [4.78, 5) is 14.8. The summed E-state index contributed by atoms with van der Waals surface area (Å²) in [7, 11) is 1.63. The molecule has 96 valence electrons. The fraction of sp³-hybridized carbons (Fsp3) is 0.308. The molecule has 0 saturated heterocycles. The van der Waals surface area contributed by atoms with Crippen LogP contribution in [0.5, 0.6) is 0 Å². The Morgan fingerprint density at radius 3 is 3.00 bits per heavy atom. The highest BCUT2D eigenvalue weighted by Gasteiger charge is 2.17. The van der Waals surface area contributed by atoms with Crippen molar-refractivity contribution < 1.29 is 13.9 Å². The Balaban J connectivity index is 2.07. The van der Waals surface area contributed by atoms with Crippen molar-refractivity contribution in [2.45, 2.75) is 6.54 Å². The highest BCUT2D eigenvalue weighted by atomic mass is 32.1. The van der Waals surface area contributed by atoms with Gasteiger partial charge in [-0.1, -0.05) is 6.07 Å². The molecule has 0 aliphatic heterocycles. The van der Waals surface area contributed by atoms with E-state index in [-0.39, 0.29) is 5.91 Å². The lowest BCUT2D eigenvalue weighted by atomic mass is 10.3. The van der Waals surface area contributed by atoms with Crippen LogP contribution in [0.15, 0.2) is 40.5 Å². The minimum atomic E-state index is 0.0308. The molecule has 0 aliphatic carbocycles. The van der Waals surface area contributed by atoms with E-state index in [1.54, 1.807) is 24.5 Å². The first-order chi connectivity index (χ1) is 8.81. The number of ether oxygens (including phenoxy) is 1. The van der Waals surface area contributed by atoms with Gasteiger partial charge < -0.3 is 14.1 Å². The molecule has 2 aromatic rings. The Bertz CT molecular complexity index is 464. The van der Waals surface area contributed by atoms with Gasteiger partial charge in [0.15, 0.2) is 0 Å². The number of rotatable bonds is 6. The first kappa shape index (κ1) is 12.9. The normalized spacial score (nSPS) is 10.5. The molecule has 0 saturated carbocycles. The van der Waals surface area contributed by atoms with Gasteiger partial charge in [-0.25, -0.2) is 0 Å². The Hall–Kier alpha value is -1.59. The maximum absolute atomic E-state index is 12.3. The Morgan fingerprint density at radius 1 is 1.50 bits per heavy atom. The monoisotopic (exact) mass is 265 g/mol. The number of furan rings is 1. The van der Waals surface area contributed by atoms with Gasteiger partial charge in [0.1, 0.15) is 0 Å². The second-order valence-corrected chi connectivity index (χ2v) is 4.78. The molecule has 0 unspecified atom stereocenters. The molecule has 0 spiro atoms. The van der Waals surface area contributed by atoms with E-state index in [1.807, 2.05) is 23.6 Å². The van der Waals surface area contributed by atoms with Crippen LogP contribution >= 0.6 is 11.3 Å². The molecule has 0 aromatic carbocycles. The highest BCUT2D eigenvalue weighted by Crippen LogP contribution is 2.14. The number of thiophene rings is 1. The zero-order valence-electron chi connectivity index (χ0n) is 10.2. The second-order valence-electron chi connectivity index (χ2n) is 3.83. The number of carbonyl (C=O) groups is 1. The van der Waals surface area contributed by atoms with Crippen LogP contribution in [-0.4, -0.2) is 31.1 Å². The summed E-state index contributed by atoms with van der Waals surface area (Å²) < 4.78 is 10.1. The number of hydrogen-bond donors (Lipinski definition) is 0. The van der Waals surface area contributed by atoms with Crippen molar-refractivity contribution in [3.8, 4) is 0 Å². The zero-order chi connectivity index (χ0) is 12.8. The third-order valence-electron chi connectivity index (χ3n) is 2.54. The topological polar surface area (TPSA) is 42.7 Å². The van der Waals surface area contributed by atoms with E-state index in [0.29, 0.717) is 19.7 Å². The number of nitrogens with zero attached hydrogens (tertiary/aromatic N) is 1. The average Bonchev–Trinajstić information content (AvgIpc) is 3.06. The van der Waals surface area contributed by atoms with Gasteiger partial charge in [-0.05, 0) is 17.5 Å². The van der Waals surface area contributed by atoms with E-state index < -0.39 is 0 Å². The van der Waals surface area contributed by atoms with Crippen LogP contribution in [-0.2, 0) is 11.3 Å². The summed E-state index contributed by atoms with van der Waals surface area (Å²) in [6.45, 7) is 1.63. The van der Waals surface area contributed by atoms with Crippen LogP contribution in [0.3, 0.4) is 0 Å². The Morgan fingerprint density at radius 2 is 2.39 bits per heavy atom. The maximum atomic E-state index is 12.3. The van der Waals surface area contributed by atoms with E-state index in [1.165, 1.54) is 11.3 Å². The molecule has 2 heterocycles. The summed E-state index contributed by atoms with van der Waals surface area (Å²) >= 11 is 1.45. The fourth-order valence-corrected chi connectivity index (χ4v) is 2.30. The van der Waals surface area contributed by atoms with Gasteiger partial charge in [-0.15, -0.1) is 11.3 Å². The zero-order valence-corrected chi connectivity index (χ0v) is 11.0. The van der Waals surface area contributed by atoms with Crippen LogP contribution in [0.25, 0.3) is 0 Å². The predicted octanol–water partition coefficient (Wildman–Crippen LogP) is 2.63. The third kappa shape index (κ3) is 3.21. The van der Waals surface area contributed by atoms with Crippen LogP contribution in [0.1, 0.15) is 15.2 Å². The second kappa shape index (κ2) is 6.37. The molecule has 0 aliphatic rings. The van der Waals surface area contributed by atoms with Crippen molar-refractivity contribution in [2.24, 2.45) is 0 Å². The Labute approximate surface area is 110 Å². The van der Waals surface area contributed by atoms with Crippen molar-refractivity contribution in [1.29, 1.82) is 0 Å². The largest absolute Gasteiger partial charge is 0.472 e. The summed E-state index contributed by atoms with van der Waals surface area (Å²) in [5.41, 5.74) is 0.982. The Kier molecular flexibility index (Phi) is 4.55. The van der Waals surface area contributed by atoms with Crippen LogP contribution in [0.4, 0.5) is 0 Å². The standard InChI is InChI=1S/C13H15NO3S/c1-16-7-5-14(9-11-4-6-17-10-11)13(15)12-3-2-8-18-12/h2-4,6,8,10H,5,7,9H2,1H3. The van der Waals surface area contributed by atoms with E-state index in [9.17, 15) is 4.79 Å². The summed E-state index contributed by atoms with van der Waals surface area (Å²) in [5, 5.41) is 1.90. The summed E-state index contributed by atoms with van der Waals surface area (Å²) in [6, 6.07) is 5.58. The summed E-state index contributed by atoms with van der Waals surface area (Å²) in [5.74, 6) is 0.0308. The van der Waals surface area contributed by atoms with Gasteiger partial charge in [0.05, 0.1) is 24.0 Å². The van der Waals surface area contributed by atoms with E-state index in [4.69, 9.17) is 9.15 Å². The SMILES string of the molecule is COCCN(Cc1ccoc1)C(=O)c1cccs1. The predicted molar refractivity (Wildman–Crippen MR) is 69.6 cm³/mol. The molecular weight excluding hydrogens is 250 g/mol. The van der Waals surface area contributed by atoms with Crippen molar-refractivity contribution >= 4 is 17.2 Å². The maximum Gasteiger partial charge on any atom is 0.264 e. The molecule has 5 heteroatoms. The molecule has 1 amide bonds. The molecular formula is C13H15NO3S. The molecule has 0 N–H and O–H groups in total. The van der Waals surface area contributed by atoms with E-state index in [0.717, 1.165) is 10.4 Å². The van der Waals surface area contributed by atoms with Gasteiger partial charge >= 0.3 is 0 Å². The van der Waals surface area contributed by atoms with E-state index >= 15 is 0 Å². The lowest BCUT2D eigenvalue weighted by Gasteiger charge is -2.21. The van der Waals surface area contributed by atoms with Gasteiger partial charge in [0.25, 0.3) is 5.91 Å². The van der Waals surface area contributed by atoms with E-state index in [2.05, 4.69) is 0 Å². The number of carbonyl (C=O) groups excluding carboxylic acids is 1. The molecule has 0 atom stereocenters. The molecule has 0 radical (unpaired) electrons. The number of methoxy groups -OCH3 is 1. The molecule has 4 nitrogen and oxygen atoms in total. The van der Waals surface area contributed by atoms with Gasteiger partial charge in [0, 0.05) is 25.8 Å². The first-order valence-corrected chi connectivity index (χ1v) is 6.52. The quantitative estimate of drug-likeness (QED) is 0.806. The summed E-state index contributed by atoms with van der Waals surface area (Å²) in [6.07, 6.45) is 3.26. The van der Waals surface area contributed by atoms with Gasteiger partial charge in [0.2, 0.25) is 0 Å². The average molecular weight is 265 g/mol. The van der Waals surface area contributed by atoms with Crippen molar-refractivity contribution in [1.82, 2.24) is 4.90 Å². The van der Waals surface area contributed by atoms with Crippen LogP contribution in [0.2, 0.25) is 0 Å². The molecule has 0 fully saturated rings. The molecule has 0 bridgehead atoms. The highest BCUT2D eigenvalue weighted by molar-refractivity contribution is 7.12. The lowest BCUT2D eigenvalue weighted by molar-refractivity contribution is 0.0685. The number of hydrogen-bond acceptors (Lipinski definition) is 4. The minimum Gasteiger partial charge on any atom is -0.472 e. The van der Waals surface area contributed by atoms with Crippen LogP contribution in [0, 0.1) is 0 Å². The molecule has 2 aromatic heterocycles. The fourth-order valence-electron chi connectivity index (χ4n) is 1.61. The smallest absolute Gasteiger partial charge is 0.264 e. The molecule has 18 heavy (non-hydrogen) atoms. The van der Waals surface area contributed by atoms with Crippen LogP contribution < -0.4 is 0 Å². The van der Waals surface area contributed by atoms with Gasteiger partial charge in [-0.3, -0.25) is 4.79 Å². The van der Waals surface area contributed by atoms with Crippen molar-refractivity contribution in [2.75, 3.05) is 20.3 Å². The minimum absolute atomic E-state index is 0.0308. The van der Waals surface area contributed by atoms with Crippen molar-refractivity contribution in [3.05, 3.63) is 46.5 Å².